The molecule has 0 spiro atoms. The molecule has 1 fully saturated rings. The van der Waals surface area contributed by atoms with Crippen LogP contribution in [0.15, 0.2) is 18.2 Å². The summed E-state index contributed by atoms with van der Waals surface area (Å²) in [6.07, 6.45) is 1.11. The van der Waals surface area contributed by atoms with Crippen LogP contribution in [0.25, 0.3) is 0 Å². The lowest BCUT2D eigenvalue weighted by Crippen LogP contribution is -2.46. The molecule has 6 heteroatoms. The molecule has 25 heavy (non-hydrogen) atoms. The second-order valence-corrected chi connectivity index (χ2v) is 7.57. The maximum atomic E-state index is 13.6. The fraction of sp³-hybridized carbons (Fsp3) is 0.579. The fourth-order valence-electron chi connectivity index (χ4n) is 2.76. The van der Waals surface area contributed by atoms with E-state index in [4.69, 9.17) is 4.74 Å². The van der Waals surface area contributed by atoms with Crippen LogP contribution in [0.5, 0.6) is 0 Å². The molecule has 1 N–H and O–H groups in total. The van der Waals surface area contributed by atoms with Crippen LogP contribution >= 0.6 is 0 Å². The van der Waals surface area contributed by atoms with Gasteiger partial charge in [-0.3, -0.25) is 4.79 Å². The molecule has 1 aromatic rings. The first-order valence-electron chi connectivity index (χ1n) is 8.66. The highest BCUT2D eigenvalue weighted by Crippen LogP contribution is 2.20. The Morgan fingerprint density at radius 3 is 2.72 bits per heavy atom. The minimum Gasteiger partial charge on any atom is -0.444 e. The molecule has 1 atom stereocenters. The highest BCUT2D eigenvalue weighted by atomic mass is 19.1. The van der Waals surface area contributed by atoms with Gasteiger partial charge in [-0.05, 0) is 57.7 Å². The van der Waals surface area contributed by atoms with Crippen LogP contribution in [0.2, 0.25) is 0 Å². The molecule has 0 unspecified atom stereocenters. The van der Waals surface area contributed by atoms with Crippen LogP contribution in [0, 0.1) is 18.7 Å². The second kappa shape index (κ2) is 7.85. The zero-order chi connectivity index (χ0) is 18.6. The van der Waals surface area contributed by atoms with Gasteiger partial charge in [-0.1, -0.05) is 12.1 Å². The quantitative estimate of drug-likeness (QED) is 0.909. The molecular formula is C19H27FN2O3. The molecule has 0 aliphatic carbocycles. The smallest absolute Gasteiger partial charge is 0.410 e. The summed E-state index contributed by atoms with van der Waals surface area (Å²) in [7, 11) is 0. The van der Waals surface area contributed by atoms with Gasteiger partial charge in [0.2, 0.25) is 5.91 Å². The number of carbonyl (C=O) groups excluding carboxylic acids is 2. The highest BCUT2D eigenvalue weighted by molar-refractivity contribution is 5.80. The molecule has 1 aromatic carbocycles. The fourth-order valence-corrected chi connectivity index (χ4v) is 2.76. The first kappa shape index (κ1) is 19.2. The number of benzene rings is 1. The van der Waals surface area contributed by atoms with E-state index in [0.717, 1.165) is 18.4 Å². The zero-order valence-corrected chi connectivity index (χ0v) is 15.4. The summed E-state index contributed by atoms with van der Waals surface area (Å²) in [5.41, 5.74) is 0.744. The molecule has 0 saturated carbocycles. The Labute approximate surface area is 148 Å². The van der Waals surface area contributed by atoms with Gasteiger partial charge < -0.3 is 15.0 Å². The van der Waals surface area contributed by atoms with E-state index in [1.807, 2.05) is 20.8 Å². The van der Waals surface area contributed by atoms with Gasteiger partial charge >= 0.3 is 6.09 Å². The van der Waals surface area contributed by atoms with Crippen molar-refractivity contribution < 1.29 is 18.7 Å². The summed E-state index contributed by atoms with van der Waals surface area (Å²) < 4.78 is 18.9. The molecule has 2 rings (SSSR count). The number of rotatable bonds is 3. The number of amides is 2. The monoisotopic (exact) mass is 350 g/mol. The summed E-state index contributed by atoms with van der Waals surface area (Å²) in [4.78, 5) is 26.1. The van der Waals surface area contributed by atoms with Crippen molar-refractivity contribution in [2.75, 3.05) is 13.1 Å². The third kappa shape index (κ3) is 5.73. The first-order valence-corrected chi connectivity index (χ1v) is 8.66. The van der Waals surface area contributed by atoms with Crippen LogP contribution in [-0.2, 0) is 16.1 Å². The molecule has 1 aliphatic rings. The van der Waals surface area contributed by atoms with Crippen molar-refractivity contribution in [1.82, 2.24) is 10.2 Å². The van der Waals surface area contributed by atoms with E-state index in [9.17, 15) is 14.0 Å². The van der Waals surface area contributed by atoms with Crippen molar-refractivity contribution in [1.29, 1.82) is 0 Å². The third-order valence-electron chi connectivity index (χ3n) is 4.15. The summed E-state index contributed by atoms with van der Waals surface area (Å²) in [6, 6.07) is 4.93. The predicted molar refractivity (Wildman–Crippen MR) is 93.5 cm³/mol. The Hall–Kier alpha value is -2.11. The molecular weight excluding hydrogens is 323 g/mol. The summed E-state index contributed by atoms with van der Waals surface area (Å²) >= 11 is 0. The van der Waals surface area contributed by atoms with Gasteiger partial charge in [0.1, 0.15) is 11.4 Å². The van der Waals surface area contributed by atoms with E-state index in [2.05, 4.69) is 5.32 Å². The summed E-state index contributed by atoms with van der Waals surface area (Å²) in [6.45, 7) is 8.38. The number of hydrogen-bond donors (Lipinski definition) is 1. The van der Waals surface area contributed by atoms with Gasteiger partial charge in [0.05, 0.1) is 5.92 Å². The standard InChI is InChI=1S/C19H27FN2O3/c1-13-7-8-14(10-16(13)20)11-21-17(23)15-6-5-9-22(12-15)18(24)25-19(2,3)4/h7-8,10,15H,5-6,9,11-12H2,1-4H3,(H,21,23)/t15-/m1/s1. The van der Waals surface area contributed by atoms with E-state index in [0.29, 0.717) is 18.7 Å². The van der Waals surface area contributed by atoms with Gasteiger partial charge in [0, 0.05) is 19.6 Å². The number of hydrogen-bond acceptors (Lipinski definition) is 3. The third-order valence-corrected chi connectivity index (χ3v) is 4.15. The normalized spacial score (nSPS) is 18.0. The van der Waals surface area contributed by atoms with Crippen LogP contribution in [0.1, 0.15) is 44.7 Å². The Morgan fingerprint density at radius 2 is 2.08 bits per heavy atom. The number of nitrogens with zero attached hydrogens (tertiary/aromatic N) is 1. The van der Waals surface area contributed by atoms with Crippen LogP contribution in [0.3, 0.4) is 0 Å². The SMILES string of the molecule is Cc1ccc(CNC(=O)[C@@H]2CCCN(C(=O)OC(C)(C)C)C2)cc1F. The average Bonchev–Trinajstić information content (AvgIpc) is 2.54. The second-order valence-electron chi connectivity index (χ2n) is 7.57. The van der Waals surface area contributed by atoms with Crippen molar-refractivity contribution in [2.45, 2.75) is 52.7 Å². The topological polar surface area (TPSA) is 58.6 Å². The van der Waals surface area contributed by atoms with Gasteiger partial charge in [0.25, 0.3) is 0 Å². The highest BCUT2D eigenvalue weighted by Gasteiger charge is 2.30. The van der Waals surface area contributed by atoms with E-state index in [1.54, 1.807) is 24.0 Å². The molecule has 0 aromatic heterocycles. The number of nitrogens with one attached hydrogen (secondary N) is 1. The van der Waals surface area contributed by atoms with Crippen molar-refractivity contribution in [3.63, 3.8) is 0 Å². The largest absolute Gasteiger partial charge is 0.444 e. The first-order chi connectivity index (χ1) is 11.7. The number of likely N-dealkylation sites (tertiary alicyclic amines) is 1. The maximum absolute atomic E-state index is 13.6. The number of halogens is 1. The molecule has 0 bridgehead atoms. The molecule has 2 amide bonds. The molecule has 0 radical (unpaired) electrons. The Kier molecular flexibility index (Phi) is 6.03. The molecule has 1 heterocycles. The minimum absolute atomic E-state index is 0.116. The molecule has 138 valence electrons. The van der Waals surface area contributed by atoms with Crippen LogP contribution in [0.4, 0.5) is 9.18 Å². The van der Waals surface area contributed by atoms with Crippen molar-refractivity contribution in [3.05, 3.63) is 35.1 Å². The van der Waals surface area contributed by atoms with Crippen molar-refractivity contribution in [2.24, 2.45) is 5.92 Å². The van der Waals surface area contributed by atoms with E-state index >= 15 is 0 Å². The van der Waals surface area contributed by atoms with Gasteiger partial charge in [-0.15, -0.1) is 0 Å². The maximum Gasteiger partial charge on any atom is 0.410 e. The minimum atomic E-state index is -0.554. The van der Waals surface area contributed by atoms with Crippen molar-refractivity contribution in [3.8, 4) is 0 Å². The van der Waals surface area contributed by atoms with Crippen LogP contribution in [-0.4, -0.2) is 35.6 Å². The zero-order valence-electron chi connectivity index (χ0n) is 15.4. The van der Waals surface area contributed by atoms with Gasteiger partial charge in [0.15, 0.2) is 0 Å². The molecule has 5 nitrogen and oxygen atoms in total. The molecule has 1 saturated heterocycles. The van der Waals surface area contributed by atoms with Crippen LogP contribution < -0.4 is 5.32 Å². The number of ether oxygens (including phenoxy) is 1. The van der Waals surface area contributed by atoms with Gasteiger partial charge in [-0.2, -0.15) is 0 Å². The van der Waals surface area contributed by atoms with E-state index in [1.165, 1.54) is 6.07 Å². The van der Waals surface area contributed by atoms with Crippen molar-refractivity contribution >= 4 is 12.0 Å². The number of carbonyl (C=O) groups is 2. The molecule has 1 aliphatic heterocycles. The number of aryl methyl sites for hydroxylation is 1. The summed E-state index contributed by atoms with van der Waals surface area (Å²) in [5, 5.41) is 2.84. The Morgan fingerprint density at radius 1 is 1.36 bits per heavy atom. The average molecular weight is 350 g/mol. The predicted octanol–water partition coefficient (Wildman–Crippen LogP) is 3.40. The number of piperidine rings is 1. The Bertz CT molecular complexity index is 640. The lowest BCUT2D eigenvalue weighted by Gasteiger charge is -2.33. The lowest BCUT2D eigenvalue weighted by molar-refractivity contribution is -0.126. The van der Waals surface area contributed by atoms with E-state index in [-0.39, 0.29) is 30.3 Å². The summed E-state index contributed by atoms with van der Waals surface area (Å²) in [5.74, 6) is -0.661. The lowest BCUT2D eigenvalue weighted by atomic mass is 9.97. The Balaban J connectivity index is 1.88. The van der Waals surface area contributed by atoms with E-state index < -0.39 is 5.60 Å². The van der Waals surface area contributed by atoms with Gasteiger partial charge in [-0.25, -0.2) is 9.18 Å².